The molecular weight excluding hydrogens is 322 g/mol. The van der Waals surface area contributed by atoms with Gasteiger partial charge < -0.3 is 5.32 Å². The van der Waals surface area contributed by atoms with E-state index in [4.69, 9.17) is 0 Å². The molecule has 1 atom stereocenters. The molecule has 1 aliphatic carbocycles. The molecule has 2 aromatic rings. The highest BCUT2D eigenvalue weighted by atomic mass is 79.9. The molecule has 2 heteroatoms. The van der Waals surface area contributed by atoms with Gasteiger partial charge >= 0.3 is 0 Å². The summed E-state index contributed by atoms with van der Waals surface area (Å²) in [6, 6.07) is 17.8. The van der Waals surface area contributed by atoms with Gasteiger partial charge in [-0.1, -0.05) is 72.2 Å². The minimum atomic E-state index is 0.149. The number of benzene rings is 2. The lowest BCUT2D eigenvalue weighted by atomic mass is 9.84. The number of hydrogen-bond acceptors (Lipinski definition) is 1. The second-order valence-corrected chi connectivity index (χ2v) is 7.38. The van der Waals surface area contributed by atoms with E-state index in [2.05, 4.69) is 83.6 Å². The first-order chi connectivity index (χ1) is 10.1. The van der Waals surface area contributed by atoms with Gasteiger partial charge in [-0.2, -0.15) is 0 Å². The van der Waals surface area contributed by atoms with Crippen molar-refractivity contribution in [2.24, 2.45) is 0 Å². The highest BCUT2D eigenvalue weighted by Gasteiger charge is 2.27. The summed E-state index contributed by atoms with van der Waals surface area (Å²) < 4.78 is 1.26. The molecular formula is C19H22BrN. The summed E-state index contributed by atoms with van der Waals surface area (Å²) >= 11 is 3.67. The van der Waals surface area contributed by atoms with Crippen molar-refractivity contribution in [2.45, 2.75) is 38.1 Å². The first-order valence-electron chi connectivity index (χ1n) is 7.64. The fraction of sp³-hybridized carbons (Fsp3) is 0.368. The first kappa shape index (κ1) is 14.8. The minimum Gasteiger partial charge on any atom is -0.309 e. The van der Waals surface area contributed by atoms with E-state index in [0.29, 0.717) is 6.04 Å². The first-order valence-corrected chi connectivity index (χ1v) is 8.43. The smallest absolute Gasteiger partial charge is 0.0326 e. The second-order valence-electron chi connectivity index (χ2n) is 6.53. The van der Waals surface area contributed by atoms with E-state index >= 15 is 0 Å². The van der Waals surface area contributed by atoms with E-state index in [1.165, 1.54) is 34.0 Å². The SMILES string of the molecule is CC(C)(CNC1CCc2c(Br)cccc21)c1ccccc1. The molecule has 3 rings (SSSR count). The average Bonchev–Trinajstić information content (AvgIpc) is 2.91. The van der Waals surface area contributed by atoms with Crippen LogP contribution in [0.2, 0.25) is 0 Å². The molecule has 2 aromatic carbocycles. The Morgan fingerprint density at radius 3 is 2.62 bits per heavy atom. The molecule has 1 N–H and O–H groups in total. The van der Waals surface area contributed by atoms with Gasteiger partial charge in [0, 0.05) is 22.5 Å². The topological polar surface area (TPSA) is 12.0 Å². The van der Waals surface area contributed by atoms with Crippen LogP contribution in [0.3, 0.4) is 0 Å². The van der Waals surface area contributed by atoms with Crippen LogP contribution < -0.4 is 5.32 Å². The lowest BCUT2D eigenvalue weighted by Gasteiger charge is -2.28. The average molecular weight is 344 g/mol. The highest BCUT2D eigenvalue weighted by Crippen LogP contribution is 2.36. The van der Waals surface area contributed by atoms with Crippen molar-refractivity contribution in [3.05, 3.63) is 69.7 Å². The second kappa shape index (κ2) is 5.94. The van der Waals surface area contributed by atoms with Crippen LogP contribution in [-0.4, -0.2) is 6.54 Å². The van der Waals surface area contributed by atoms with Crippen LogP contribution in [0.4, 0.5) is 0 Å². The molecule has 0 aromatic heterocycles. The Hall–Kier alpha value is -1.12. The van der Waals surface area contributed by atoms with E-state index < -0.39 is 0 Å². The minimum absolute atomic E-state index is 0.149. The predicted octanol–water partition coefficient (Wildman–Crippen LogP) is 5.00. The Morgan fingerprint density at radius 1 is 1.10 bits per heavy atom. The van der Waals surface area contributed by atoms with Gasteiger partial charge in [0.2, 0.25) is 0 Å². The number of nitrogens with one attached hydrogen (secondary N) is 1. The summed E-state index contributed by atoms with van der Waals surface area (Å²) in [5, 5.41) is 3.78. The van der Waals surface area contributed by atoms with Crippen molar-refractivity contribution in [3.63, 3.8) is 0 Å². The van der Waals surface area contributed by atoms with Crippen molar-refractivity contribution in [1.29, 1.82) is 0 Å². The number of hydrogen-bond donors (Lipinski definition) is 1. The Balaban J connectivity index is 1.71. The molecule has 0 radical (unpaired) electrons. The Kier molecular flexibility index (Phi) is 4.19. The molecule has 0 bridgehead atoms. The predicted molar refractivity (Wildman–Crippen MR) is 92.7 cm³/mol. The van der Waals surface area contributed by atoms with Crippen molar-refractivity contribution < 1.29 is 0 Å². The maximum absolute atomic E-state index is 3.78. The zero-order valence-electron chi connectivity index (χ0n) is 12.7. The Morgan fingerprint density at radius 2 is 1.86 bits per heavy atom. The van der Waals surface area contributed by atoms with Crippen LogP contribution in [0.5, 0.6) is 0 Å². The van der Waals surface area contributed by atoms with Crippen molar-refractivity contribution in [2.75, 3.05) is 6.54 Å². The molecule has 21 heavy (non-hydrogen) atoms. The molecule has 0 spiro atoms. The molecule has 1 unspecified atom stereocenters. The van der Waals surface area contributed by atoms with Crippen LogP contribution in [0.1, 0.15) is 43.0 Å². The molecule has 0 heterocycles. The van der Waals surface area contributed by atoms with Gasteiger partial charge in [-0.05, 0) is 35.6 Å². The zero-order chi connectivity index (χ0) is 14.9. The Bertz CT molecular complexity index is 619. The number of rotatable bonds is 4. The molecule has 1 aliphatic rings. The van der Waals surface area contributed by atoms with E-state index in [0.717, 1.165) is 6.54 Å². The Labute approximate surface area is 135 Å². The molecule has 0 amide bonds. The van der Waals surface area contributed by atoms with Crippen molar-refractivity contribution in [1.82, 2.24) is 5.32 Å². The summed E-state index contributed by atoms with van der Waals surface area (Å²) in [7, 11) is 0. The third kappa shape index (κ3) is 3.07. The molecule has 0 fully saturated rings. The van der Waals surface area contributed by atoms with Gasteiger partial charge in [0.25, 0.3) is 0 Å². The zero-order valence-corrected chi connectivity index (χ0v) is 14.3. The van der Waals surface area contributed by atoms with Gasteiger partial charge in [-0.3, -0.25) is 0 Å². The fourth-order valence-electron chi connectivity index (χ4n) is 3.19. The summed E-state index contributed by atoms with van der Waals surface area (Å²) in [6.07, 6.45) is 2.36. The van der Waals surface area contributed by atoms with Crippen LogP contribution in [0.25, 0.3) is 0 Å². The normalized spacial score (nSPS) is 17.8. The monoisotopic (exact) mass is 343 g/mol. The lowest BCUT2D eigenvalue weighted by Crippen LogP contribution is -2.34. The lowest BCUT2D eigenvalue weighted by molar-refractivity contribution is 0.421. The molecule has 0 saturated heterocycles. The summed E-state index contributed by atoms with van der Waals surface area (Å²) in [6.45, 7) is 5.62. The molecule has 0 aliphatic heterocycles. The fourth-order valence-corrected chi connectivity index (χ4v) is 3.77. The van der Waals surface area contributed by atoms with Crippen molar-refractivity contribution >= 4 is 15.9 Å². The highest BCUT2D eigenvalue weighted by molar-refractivity contribution is 9.10. The summed E-state index contributed by atoms with van der Waals surface area (Å²) in [5.41, 5.74) is 4.49. The number of halogens is 1. The standard InChI is InChI=1S/C19H22BrN/c1-19(2,14-7-4-3-5-8-14)13-21-18-12-11-15-16(18)9-6-10-17(15)20/h3-10,18,21H,11-13H2,1-2H3. The molecule has 0 saturated carbocycles. The van der Waals surface area contributed by atoms with Gasteiger partial charge in [0.1, 0.15) is 0 Å². The van der Waals surface area contributed by atoms with Gasteiger partial charge in [-0.15, -0.1) is 0 Å². The molecule has 110 valence electrons. The quantitative estimate of drug-likeness (QED) is 0.823. The van der Waals surface area contributed by atoms with E-state index in [9.17, 15) is 0 Å². The van der Waals surface area contributed by atoms with Crippen LogP contribution >= 0.6 is 15.9 Å². The van der Waals surface area contributed by atoms with Crippen LogP contribution in [-0.2, 0) is 11.8 Å². The van der Waals surface area contributed by atoms with E-state index in [-0.39, 0.29) is 5.41 Å². The number of fused-ring (bicyclic) bond motifs is 1. The van der Waals surface area contributed by atoms with Crippen molar-refractivity contribution in [3.8, 4) is 0 Å². The van der Waals surface area contributed by atoms with Gasteiger partial charge in [0.05, 0.1) is 0 Å². The van der Waals surface area contributed by atoms with Crippen LogP contribution in [0, 0.1) is 0 Å². The summed E-state index contributed by atoms with van der Waals surface area (Å²) in [4.78, 5) is 0. The third-order valence-corrected chi connectivity index (χ3v) is 5.30. The van der Waals surface area contributed by atoms with Gasteiger partial charge in [0.15, 0.2) is 0 Å². The molecule has 1 nitrogen and oxygen atoms in total. The largest absolute Gasteiger partial charge is 0.309 e. The van der Waals surface area contributed by atoms with Gasteiger partial charge in [-0.25, -0.2) is 0 Å². The maximum Gasteiger partial charge on any atom is 0.0326 e. The third-order valence-electron chi connectivity index (χ3n) is 4.56. The summed E-state index contributed by atoms with van der Waals surface area (Å²) in [5.74, 6) is 0. The van der Waals surface area contributed by atoms with E-state index in [1.807, 2.05) is 0 Å². The maximum atomic E-state index is 3.78. The van der Waals surface area contributed by atoms with Crippen LogP contribution in [0.15, 0.2) is 53.0 Å². The van der Waals surface area contributed by atoms with E-state index in [1.54, 1.807) is 0 Å².